The lowest BCUT2D eigenvalue weighted by Gasteiger charge is -2.08. The normalized spacial score (nSPS) is 15.6. The molecule has 0 radical (unpaired) electrons. The molecule has 0 fully saturated rings. The van der Waals surface area contributed by atoms with E-state index in [1.165, 1.54) is 6.08 Å². The zero-order valence-electron chi connectivity index (χ0n) is 14.6. The molecule has 0 aliphatic carbocycles. The van der Waals surface area contributed by atoms with Crippen molar-refractivity contribution in [2.75, 3.05) is 5.32 Å². The first-order valence-electron chi connectivity index (χ1n) is 7.99. The second-order valence-corrected chi connectivity index (χ2v) is 6.48. The van der Waals surface area contributed by atoms with Crippen LogP contribution in [0.15, 0.2) is 60.4 Å². The van der Waals surface area contributed by atoms with Crippen LogP contribution in [0, 0.1) is 0 Å². The summed E-state index contributed by atoms with van der Waals surface area (Å²) in [7, 11) is 2.59. The smallest absolute Gasteiger partial charge is 0.256 e. The number of rotatable bonds is 6. The van der Waals surface area contributed by atoms with Gasteiger partial charge in [0.15, 0.2) is 5.78 Å². The van der Waals surface area contributed by atoms with E-state index in [2.05, 4.69) is 21.1 Å². The van der Waals surface area contributed by atoms with Crippen molar-refractivity contribution in [1.82, 2.24) is 0 Å². The molecule has 2 rings (SSSR count). The summed E-state index contributed by atoms with van der Waals surface area (Å²) < 4.78 is 5.44. The predicted octanol–water partition coefficient (Wildman–Crippen LogP) is 3.53. The Bertz CT molecular complexity index is 816. The number of ether oxygens (including phenoxy) is 1. The summed E-state index contributed by atoms with van der Waals surface area (Å²) in [6, 6.07) is 5.55. The van der Waals surface area contributed by atoms with E-state index in [4.69, 9.17) is 4.74 Å². The number of amides is 1. The van der Waals surface area contributed by atoms with Gasteiger partial charge in [0.05, 0.1) is 11.7 Å². The number of benzene rings is 1. The Morgan fingerprint density at radius 3 is 2.68 bits per heavy atom. The van der Waals surface area contributed by atoms with Crippen LogP contribution in [-0.4, -0.2) is 17.8 Å². The number of fused-ring (bicyclic) bond motifs is 1. The summed E-state index contributed by atoms with van der Waals surface area (Å²) in [4.78, 5) is 24.8. The molecule has 130 valence electrons. The fourth-order valence-electron chi connectivity index (χ4n) is 2.48. The van der Waals surface area contributed by atoms with Gasteiger partial charge >= 0.3 is 0 Å². The highest BCUT2D eigenvalue weighted by Gasteiger charge is 2.26. The zero-order valence-corrected chi connectivity index (χ0v) is 15.8. The summed E-state index contributed by atoms with van der Waals surface area (Å²) in [6.45, 7) is 9.37. The molecule has 0 bridgehead atoms. The Labute approximate surface area is 150 Å². The van der Waals surface area contributed by atoms with Crippen LogP contribution in [0.4, 0.5) is 5.69 Å². The first-order valence-corrected chi connectivity index (χ1v) is 8.57. The van der Waals surface area contributed by atoms with Gasteiger partial charge in [0.2, 0.25) is 0 Å². The van der Waals surface area contributed by atoms with E-state index in [0.717, 1.165) is 10.9 Å². The highest BCUT2D eigenvalue weighted by Crippen LogP contribution is 2.31. The van der Waals surface area contributed by atoms with E-state index in [9.17, 15) is 9.59 Å². The van der Waals surface area contributed by atoms with Gasteiger partial charge in [-0.05, 0) is 50.4 Å². The fraction of sp³-hybridized carbons (Fsp3) is 0.200. The average molecular weight is 355 g/mol. The van der Waals surface area contributed by atoms with E-state index in [1.807, 2.05) is 32.0 Å². The molecule has 1 amide bonds. The van der Waals surface area contributed by atoms with Crippen molar-refractivity contribution in [2.24, 2.45) is 0 Å². The summed E-state index contributed by atoms with van der Waals surface area (Å²) in [5, 5.41) is 3.64. The standard InChI is InChI=1S/C20H22NO3P/c1-5-14(10-9-13(4)24-12(2)3)17(22)11-15-19-16(21-20(15)23)7-6-8-18(19)25/h5-12H,4,25H2,1-3H3,(H,21,23)/b10-9-,14-5+,15-11+. The van der Waals surface area contributed by atoms with Gasteiger partial charge in [0, 0.05) is 16.8 Å². The molecule has 1 heterocycles. The lowest BCUT2D eigenvalue weighted by Crippen LogP contribution is -2.07. The minimum Gasteiger partial charge on any atom is -0.492 e. The van der Waals surface area contributed by atoms with Crippen molar-refractivity contribution < 1.29 is 14.3 Å². The van der Waals surface area contributed by atoms with Crippen LogP contribution < -0.4 is 10.6 Å². The predicted molar refractivity (Wildman–Crippen MR) is 106 cm³/mol. The molecule has 1 aliphatic rings. The Morgan fingerprint density at radius 1 is 1.32 bits per heavy atom. The Balaban J connectivity index is 2.26. The molecular formula is C20H22NO3P. The maximum atomic E-state index is 12.6. The highest BCUT2D eigenvalue weighted by molar-refractivity contribution is 7.27. The number of hydrogen-bond donors (Lipinski definition) is 1. The maximum Gasteiger partial charge on any atom is 0.256 e. The number of carbonyl (C=O) groups excluding carboxylic acids is 2. The van der Waals surface area contributed by atoms with Crippen LogP contribution in [-0.2, 0) is 14.3 Å². The quantitative estimate of drug-likeness (QED) is 0.368. The van der Waals surface area contributed by atoms with Crippen LogP contribution in [0.25, 0.3) is 5.57 Å². The molecule has 1 N–H and O–H groups in total. The summed E-state index contributed by atoms with van der Waals surface area (Å²) in [6.07, 6.45) is 6.38. The van der Waals surface area contributed by atoms with Crippen LogP contribution in [0.3, 0.4) is 0 Å². The minimum atomic E-state index is -0.273. The number of ketones is 1. The third kappa shape index (κ3) is 4.55. The van der Waals surface area contributed by atoms with E-state index < -0.39 is 0 Å². The van der Waals surface area contributed by atoms with Crippen LogP contribution in [0.5, 0.6) is 0 Å². The van der Waals surface area contributed by atoms with Gasteiger partial charge in [-0.2, -0.15) is 0 Å². The SMILES string of the molecule is C=C(/C=C\C(=C/C)C(=O)/C=C1/C(=O)Nc2cccc(P)c21)OC(C)C. The number of allylic oxidation sites excluding steroid dienone is 5. The lowest BCUT2D eigenvalue weighted by molar-refractivity contribution is -0.112. The lowest BCUT2D eigenvalue weighted by atomic mass is 10.0. The molecule has 1 unspecified atom stereocenters. The van der Waals surface area contributed by atoms with Crippen LogP contribution in [0.2, 0.25) is 0 Å². The second-order valence-electron chi connectivity index (χ2n) is 5.86. The van der Waals surface area contributed by atoms with Gasteiger partial charge in [-0.1, -0.05) is 24.8 Å². The van der Waals surface area contributed by atoms with Crippen molar-refractivity contribution in [3.05, 3.63) is 66.0 Å². The average Bonchev–Trinajstić information content (AvgIpc) is 2.84. The van der Waals surface area contributed by atoms with E-state index in [0.29, 0.717) is 22.6 Å². The first-order chi connectivity index (χ1) is 11.8. The molecule has 0 spiro atoms. The van der Waals surface area contributed by atoms with Crippen molar-refractivity contribution in [3.63, 3.8) is 0 Å². The van der Waals surface area contributed by atoms with E-state index in [-0.39, 0.29) is 17.8 Å². The summed E-state index contributed by atoms with van der Waals surface area (Å²) >= 11 is 0. The zero-order chi connectivity index (χ0) is 18.6. The molecule has 25 heavy (non-hydrogen) atoms. The third-order valence-corrected chi connectivity index (χ3v) is 4.05. The van der Waals surface area contributed by atoms with Gasteiger partial charge in [-0.25, -0.2) is 0 Å². The fourth-order valence-corrected chi connectivity index (χ4v) is 2.90. The molecule has 1 aromatic rings. The van der Waals surface area contributed by atoms with Crippen molar-refractivity contribution in [1.29, 1.82) is 0 Å². The van der Waals surface area contributed by atoms with E-state index in [1.54, 1.807) is 25.2 Å². The number of anilines is 1. The topological polar surface area (TPSA) is 55.4 Å². The van der Waals surface area contributed by atoms with Gasteiger partial charge in [0.1, 0.15) is 5.76 Å². The van der Waals surface area contributed by atoms with Crippen LogP contribution >= 0.6 is 9.24 Å². The monoisotopic (exact) mass is 355 g/mol. The summed E-state index contributed by atoms with van der Waals surface area (Å²) in [5.74, 6) is -0.0430. The molecule has 0 saturated carbocycles. The number of carbonyl (C=O) groups is 2. The second kappa shape index (κ2) is 8.09. The molecule has 4 nitrogen and oxygen atoms in total. The largest absolute Gasteiger partial charge is 0.492 e. The summed E-state index contributed by atoms with van der Waals surface area (Å²) in [5.41, 5.74) is 2.30. The van der Waals surface area contributed by atoms with E-state index >= 15 is 0 Å². The molecule has 0 saturated heterocycles. The van der Waals surface area contributed by atoms with Gasteiger partial charge in [-0.3, -0.25) is 9.59 Å². The first kappa shape index (κ1) is 18.9. The highest BCUT2D eigenvalue weighted by atomic mass is 31.0. The van der Waals surface area contributed by atoms with Gasteiger partial charge in [-0.15, -0.1) is 9.24 Å². The van der Waals surface area contributed by atoms with Gasteiger partial charge < -0.3 is 10.1 Å². The molecular weight excluding hydrogens is 333 g/mol. The molecule has 1 atom stereocenters. The minimum absolute atomic E-state index is 0.0168. The van der Waals surface area contributed by atoms with Crippen molar-refractivity contribution >= 4 is 37.5 Å². The Hall–Kier alpha value is -2.45. The maximum absolute atomic E-state index is 12.6. The van der Waals surface area contributed by atoms with Crippen molar-refractivity contribution in [3.8, 4) is 0 Å². The molecule has 5 heteroatoms. The Morgan fingerprint density at radius 2 is 2.04 bits per heavy atom. The third-order valence-electron chi connectivity index (χ3n) is 3.57. The molecule has 1 aromatic carbocycles. The molecule has 1 aliphatic heterocycles. The van der Waals surface area contributed by atoms with Gasteiger partial charge in [0.25, 0.3) is 5.91 Å². The number of hydrogen-bond acceptors (Lipinski definition) is 3. The Kier molecular flexibility index (Phi) is 6.11. The molecule has 0 aromatic heterocycles. The number of nitrogens with one attached hydrogen (secondary N) is 1. The van der Waals surface area contributed by atoms with Crippen LogP contribution in [0.1, 0.15) is 26.3 Å². The van der Waals surface area contributed by atoms with Crippen molar-refractivity contribution in [2.45, 2.75) is 26.9 Å².